The van der Waals surface area contributed by atoms with Crippen molar-refractivity contribution in [3.8, 4) is 0 Å². The molecule has 0 amide bonds. The van der Waals surface area contributed by atoms with Crippen molar-refractivity contribution in [2.75, 3.05) is 6.54 Å². The maximum absolute atomic E-state index is 13.5. The molecule has 1 aromatic heterocycles. The molecule has 7 heteroatoms. The Bertz CT molecular complexity index is 726. The molecule has 2 atom stereocenters. The summed E-state index contributed by atoms with van der Waals surface area (Å²) in [4.78, 5) is 2.02. The summed E-state index contributed by atoms with van der Waals surface area (Å²) in [6, 6.07) is 3.73. The normalized spacial score (nSPS) is 22.2. The monoisotopic (exact) mass is 336 g/mol. The van der Waals surface area contributed by atoms with Gasteiger partial charge in [0.05, 0.1) is 23.5 Å². The molecule has 1 saturated heterocycles. The van der Waals surface area contributed by atoms with Crippen molar-refractivity contribution in [3.05, 3.63) is 47.3 Å². The van der Waals surface area contributed by atoms with Gasteiger partial charge in [0, 0.05) is 19.1 Å². The van der Waals surface area contributed by atoms with Gasteiger partial charge in [-0.1, -0.05) is 11.3 Å². The van der Waals surface area contributed by atoms with E-state index in [0.717, 1.165) is 11.8 Å². The molecule has 0 bridgehead atoms. The number of rotatable bonds is 3. The number of halogens is 2. The zero-order chi connectivity index (χ0) is 17.5. The first-order valence-corrected chi connectivity index (χ1v) is 8.03. The first-order valence-electron chi connectivity index (χ1n) is 8.03. The third-order valence-corrected chi connectivity index (χ3v) is 4.30. The van der Waals surface area contributed by atoms with Crippen LogP contribution in [0.15, 0.2) is 24.4 Å². The molecule has 0 radical (unpaired) electrons. The second kappa shape index (κ2) is 6.22. The van der Waals surface area contributed by atoms with Gasteiger partial charge in [-0.05, 0) is 44.9 Å². The van der Waals surface area contributed by atoms with Gasteiger partial charge < -0.3 is 5.11 Å². The van der Waals surface area contributed by atoms with Gasteiger partial charge in [0.2, 0.25) is 0 Å². The van der Waals surface area contributed by atoms with Crippen LogP contribution in [0.3, 0.4) is 0 Å². The van der Waals surface area contributed by atoms with Crippen LogP contribution in [0, 0.1) is 11.6 Å². The highest BCUT2D eigenvalue weighted by atomic mass is 19.2. The second-order valence-corrected chi connectivity index (χ2v) is 7.33. The predicted octanol–water partition coefficient (Wildman–Crippen LogP) is 2.62. The number of benzene rings is 1. The van der Waals surface area contributed by atoms with Gasteiger partial charge in [0.1, 0.15) is 0 Å². The van der Waals surface area contributed by atoms with E-state index in [1.54, 1.807) is 10.7 Å². The average molecular weight is 336 g/mol. The number of hydrogen-bond acceptors (Lipinski definition) is 4. The van der Waals surface area contributed by atoms with Crippen LogP contribution in [0.1, 0.15) is 44.5 Å². The number of aliphatic hydroxyl groups excluding tert-OH is 1. The van der Waals surface area contributed by atoms with Crippen LogP contribution in [0.2, 0.25) is 0 Å². The van der Waals surface area contributed by atoms with E-state index in [9.17, 15) is 13.9 Å². The van der Waals surface area contributed by atoms with Crippen molar-refractivity contribution < 1.29 is 13.9 Å². The minimum absolute atomic E-state index is 0.157. The van der Waals surface area contributed by atoms with Crippen molar-refractivity contribution in [2.24, 2.45) is 0 Å². The zero-order valence-electron chi connectivity index (χ0n) is 14.1. The lowest BCUT2D eigenvalue weighted by atomic mass is 10.0. The summed E-state index contributed by atoms with van der Waals surface area (Å²) in [6.07, 6.45) is 1.87. The third kappa shape index (κ3) is 3.47. The number of aromatic nitrogens is 3. The van der Waals surface area contributed by atoms with Crippen LogP contribution in [0.4, 0.5) is 8.78 Å². The molecular formula is C17H22F2N4O. The summed E-state index contributed by atoms with van der Waals surface area (Å²) in [6.45, 7) is 7.07. The first-order chi connectivity index (χ1) is 11.2. The van der Waals surface area contributed by atoms with Crippen LogP contribution in [0.5, 0.6) is 0 Å². The zero-order valence-corrected chi connectivity index (χ0v) is 14.1. The second-order valence-electron chi connectivity index (χ2n) is 7.33. The Balaban J connectivity index is 1.80. The van der Waals surface area contributed by atoms with Gasteiger partial charge in [-0.2, -0.15) is 0 Å². The third-order valence-electron chi connectivity index (χ3n) is 4.30. The molecule has 1 aromatic carbocycles. The van der Waals surface area contributed by atoms with Crippen LogP contribution in [0.25, 0.3) is 0 Å². The molecule has 5 nitrogen and oxygen atoms in total. The number of hydrogen-bond donors (Lipinski definition) is 1. The van der Waals surface area contributed by atoms with Crippen molar-refractivity contribution in [3.63, 3.8) is 0 Å². The molecule has 2 aromatic rings. The van der Waals surface area contributed by atoms with Crippen molar-refractivity contribution >= 4 is 0 Å². The Hall–Kier alpha value is -1.86. The van der Waals surface area contributed by atoms with E-state index in [-0.39, 0.29) is 11.6 Å². The minimum atomic E-state index is -0.868. The minimum Gasteiger partial charge on any atom is -0.392 e. The number of aliphatic hydroxyl groups is 1. The van der Waals surface area contributed by atoms with Crippen molar-refractivity contribution in [1.29, 1.82) is 0 Å². The lowest BCUT2D eigenvalue weighted by molar-refractivity contribution is 0.172. The van der Waals surface area contributed by atoms with Gasteiger partial charge in [-0.15, -0.1) is 5.10 Å². The quantitative estimate of drug-likeness (QED) is 0.936. The lowest BCUT2D eigenvalue weighted by Crippen LogP contribution is -2.25. The molecule has 1 aliphatic heterocycles. The molecule has 24 heavy (non-hydrogen) atoms. The fourth-order valence-corrected chi connectivity index (χ4v) is 3.03. The van der Waals surface area contributed by atoms with Crippen molar-refractivity contribution in [1.82, 2.24) is 19.9 Å². The molecular weight excluding hydrogens is 314 g/mol. The predicted molar refractivity (Wildman–Crippen MR) is 85.2 cm³/mol. The summed E-state index contributed by atoms with van der Waals surface area (Å²) >= 11 is 0. The molecule has 3 rings (SSSR count). The van der Waals surface area contributed by atoms with Crippen LogP contribution in [-0.4, -0.2) is 37.6 Å². The fraction of sp³-hybridized carbons (Fsp3) is 0.529. The van der Waals surface area contributed by atoms with E-state index < -0.39 is 17.7 Å². The first kappa shape index (κ1) is 17.0. The molecule has 1 aliphatic rings. The molecule has 2 heterocycles. The van der Waals surface area contributed by atoms with E-state index in [2.05, 4.69) is 10.3 Å². The molecule has 0 spiro atoms. The summed E-state index contributed by atoms with van der Waals surface area (Å²) in [5, 5.41) is 18.3. The van der Waals surface area contributed by atoms with Crippen LogP contribution in [-0.2, 0) is 12.1 Å². The number of β-amino-alcohol motifs (C(OH)–C–C–N with tert-alkyl or cyclic N) is 1. The number of nitrogens with zero attached hydrogens (tertiary/aromatic N) is 4. The Morgan fingerprint density at radius 2 is 2.00 bits per heavy atom. The van der Waals surface area contributed by atoms with Gasteiger partial charge in [-0.3, -0.25) is 4.90 Å². The van der Waals surface area contributed by atoms with Gasteiger partial charge in [-0.25, -0.2) is 13.5 Å². The average Bonchev–Trinajstić information content (AvgIpc) is 3.09. The SMILES string of the molecule is CC(C)(C)n1cc(CN2C[C@H](O)C[C@@H]2c2ccc(F)c(F)c2)nn1. The molecule has 1 fully saturated rings. The van der Waals surface area contributed by atoms with Crippen molar-refractivity contribution in [2.45, 2.75) is 51.4 Å². The summed E-state index contributed by atoms with van der Waals surface area (Å²) in [5.74, 6) is -1.73. The molecule has 0 aliphatic carbocycles. The maximum atomic E-state index is 13.5. The summed E-state index contributed by atoms with van der Waals surface area (Å²) in [7, 11) is 0. The van der Waals surface area contributed by atoms with Crippen LogP contribution >= 0.6 is 0 Å². The van der Waals surface area contributed by atoms with E-state index in [0.29, 0.717) is 25.1 Å². The van der Waals surface area contributed by atoms with Gasteiger partial charge in [0.25, 0.3) is 0 Å². The largest absolute Gasteiger partial charge is 0.392 e. The highest BCUT2D eigenvalue weighted by Crippen LogP contribution is 2.33. The highest BCUT2D eigenvalue weighted by Gasteiger charge is 2.33. The topological polar surface area (TPSA) is 54.2 Å². The lowest BCUT2D eigenvalue weighted by Gasteiger charge is -2.23. The Kier molecular flexibility index (Phi) is 4.40. The van der Waals surface area contributed by atoms with Gasteiger partial charge >= 0.3 is 0 Å². The highest BCUT2D eigenvalue weighted by molar-refractivity contribution is 5.23. The molecule has 130 valence electrons. The van der Waals surface area contributed by atoms with Gasteiger partial charge in [0.15, 0.2) is 11.6 Å². The summed E-state index contributed by atoms with van der Waals surface area (Å²) < 4.78 is 28.5. The van der Waals surface area contributed by atoms with Crippen LogP contribution < -0.4 is 0 Å². The summed E-state index contributed by atoms with van der Waals surface area (Å²) in [5.41, 5.74) is 1.29. The number of likely N-dealkylation sites (tertiary alicyclic amines) is 1. The Labute approximate surface area is 139 Å². The van der Waals surface area contributed by atoms with E-state index in [4.69, 9.17) is 0 Å². The molecule has 1 N–H and O–H groups in total. The fourth-order valence-electron chi connectivity index (χ4n) is 3.03. The van der Waals surface area contributed by atoms with E-state index in [1.807, 2.05) is 31.9 Å². The Morgan fingerprint density at radius 1 is 1.25 bits per heavy atom. The Morgan fingerprint density at radius 3 is 2.62 bits per heavy atom. The van der Waals surface area contributed by atoms with E-state index >= 15 is 0 Å². The molecule has 0 unspecified atom stereocenters. The maximum Gasteiger partial charge on any atom is 0.159 e. The standard InChI is InChI=1S/C17H22F2N4O/c1-17(2,3)23-9-12(20-21-23)8-22-10-13(24)7-16(22)11-4-5-14(18)15(19)6-11/h4-6,9,13,16,24H,7-8,10H2,1-3H3/t13-,16-/m1/s1. The smallest absolute Gasteiger partial charge is 0.159 e. The molecule has 0 saturated carbocycles. The van der Waals surface area contributed by atoms with E-state index in [1.165, 1.54) is 6.07 Å².